The fourth-order valence-electron chi connectivity index (χ4n) is 4.64. The Hall–Kier alpha value is -2.29. The number of aliphatic hydroxyl groups excluding tert-OH is 2. The van der Waals surface area contributed by atoms with Gasteiger partial charge < -0.3 is 19.7 Å². The molecule has 1 heterocycles. The zero-order chi connectivity index (χ0) is 22.4. The zero-order valence-corrected chi connectivity index (χ0v) is 18.7. The lowest BCUT2D eigenvalue weighted by molar-refractivity contribution is -0.143. The van der Waals surface area contributed by atoms with Crippen LogP contribution in [0.25, 0.3) is 0 Å². The summed E-state index contributed by atoms with van der Waals surface area (Å²) in [5.41, 5.74) is 2.21. The Balaban J connectivity index is 1.70. The summed E-state index contributed by atoms with van der Waals surface area (Å²) in [6.07, 6.45) is 5.68. The molecule has 0 aromatic heterocycles. The van der Waals surface area contributed by atoms with E-state index in [9.17, 15) is 15.0 Å². The standard InChI is InChI=1S/C26H34O5/c1-4-6-9-17(3)21(27)15-14-19-22(28)16-23-25(19)20-12-7-10-18(26(20)31-23)11-8-13-24(29)30-5-2/h7,10,12,14-15,17,19,21-23,25,27-28H,5,8-9,11,13,16H2,1-3H3/b15-14+/t17-,19+,21-,22-,23+,25+/m0/s1. The second-order valence-corrected chi connectivity index (χ2v) is 8.54. The van der Waals surface area contributed by atoms with E-state index in [1.165, 1.54) is 0 Å². The normalized spacial score (nSPS) is 25.8. The zero-order valence-electron chi connectivity index (χ0n) is 18.7. The first-order valence-electron chi connectivity index (χ1n) is 11.3. The highest BCUT2D eigenvalue weighted by Gasteiger charge is 2.48. The van der Waals surface area contributed by atoms with Gasteiger partial charge in [0.2, 0.25) is 0 Å². The Morgan fingerprint density at radius 3 is 2.97 bits per heavy atom. The van der Waals surface area contributed by atoms with Crippen molar-refractivity contribution in [3.8, 4) is 17.6 Å². The molecule has 168 valence electrons. The van der Waals surface area contributed by atoms with E-state index >= 15 is 0 Å². The number of aryl methyl sites for hydroxylation is 1. The van der Waals surface area contributed by atoms with Gasteiger partial charge in [-0.15, -0.1) is 11.8 Å². The molecule has 0 spiro atoms. The third-order valence-electron chi connectivity index (χ3n) is 6.34. The van der Waals surface area contributed by atoms with Gasteiger partial charge in [0.05, 0.1) is 18.8 Å². The number of aliphatic hydroxyl groups is 2. The third-order valence-corrected chi connectivity index (χ3v) is 6.34. The third kappa shape index (κ3) is 5.50. The van der Waals surface area contributed by atoms with Crippen molar-refractivity contribution in [3.63, 3.8) is 0 Å². The molecule has 3 rings (SSSR count). The van der Waals surface area contributed by atoms with Crippen LogP contribution in [0.5, 0.6) is 5.75 Å². The maximum Gasteiger partial charge on any atom is 0.305 e. The quantitative estimate of drug-likeness (QED) is 0.357. The first kappa shape index (κ1) is 23.4. The van der Waals surface area contributed by atoms with Crippen LogP contribution < -0.4 is 4.74 Å². The predicted octanol–water partition coefficient (Wildman–Crippen LogP) is 3.76. The van der Waals surface area contributed by atoms with Crippen LogP contribution in [0.1, 0.15) is 63.5 Å². The number of benzene rings is 1. The number of fused-ring (bicyclic) bond motifs is 3. The summed E-state index contributed by atoms with van der Waals surface area (Å²) >= 11 is 0. The van der Waals surface area contributed by atoms with Crippen LogP contribution in [0, 0.1) is 23.7 Å². The van der Waals surface area contributed by atoms with Crippen molar-refractivity contribution in [1.82, 2.24) is 0 Å². The van der Waals surface area contributed by atoms with Gasteiger partial charge in [0.25, 0.3) is 0 Å². The topological polar surface area (TPSA) is 76.0 Å². The van der Waals surface area contributed by atoms with Gasteiger partial charge in [-0.2, -0.15) is 0 Å². The van der Waals surface area contributed by atoms with E-state index in [4.69, 9.17) is 9.47 Å². The Kier molecular flexibility index (Phi) is 8.17. The van der Waals surface area contributed by atoms with E-state index in [0.717, 1.165) is 23.3 Å². The Morgan fingerprint density at radius 2 is 2.23 bits per heavy atom. The summed E-state index contributed by atoms with van der Waals surface area (Å²) < 4.78 is 11.3. The van der Waals surface area contributed by atoms with Crippen LogP contribution in [0.4, 0.5) is 0 Å². The Labute approximate surface area is 185 Å². The number of carbonyl (C=O) groups excluding carboxylic acids is 1. The molecule has 1 fully saturated rings. The Morgan fingerprint density at radius 1 is 1.42 bits per heavy atom. The molecule has 31 heavy (non-hydrogen) atoms. The summed E-state index contributed by atoms with van der Waals surface area (Å²) in [5.74, 6) is 6.62. The van der Waals surface area contributed by atoms with Crippen LogP contribution in [0.15, 0.2) is 30.4 Å². The number of ether oxygens (including phenoxy) is 2. The SMILES string of the molecule is CC#CC[C@H](C)[C@@H](O)/C=C/[C@H]1[C@@H]2c3cccc(CCCC(=O)OCC)c3O[C@@H]2C[C@@H]1O. The van der Waals surface area contributed by atoms with Gasteiger partial charge in [0.1, 0.15) is 11.9 Å². The molecule has 5 heteroatoms. The average molecular weight is 427 g/mol. The van der Waals surface area contributed by atoms with Crippen LogP contribution in [0.3, 0.4) is 0 Å². The number of para-hydroxylation sites is 1. The van der Waals surface area contributed by atoms with Crippen molar-refractivity contribution >= 4 is 5.97 Å². The summed E-state index contributed by atoms with van der Waals surface area (Å²) in [4.78, 5) is 11.6. The lowest BCUT2D eigenvalue weighted by atomic mass is 9.86. The van der Waals surface area contributed by atoms with E-state index in [-0.39, 0.29) is 29.8 Å². The lowest BCUT2D eigenvalue weighted by Crippen LogP contribution is -2.19. The first-order valence-corrected chi connectivity index (χ1v) is 11.3. The summed E-state index contributed by atoms with van der Waals surface area (Å²) in [5, 5.41) is 21.1. The summed E-state index contributed by atoms with van der Waals surface area (Å²) in [6.45, 7) is 5.99. The molecule has 1 aliphatic carbocycles. The minimum Gasteiger partial charge on any atom is -0.489 e. The highest BCUT2D eigenvalue weighted by Crippen LogP contribution is 2.52. The Bertz CT molecular complexity index is 849. The van der Waals surface area contributed by atoms with Crippen LogP contribution in [0.2, 0.25) is 0 Å². The second-order valence-electron chi connectivity index (χ2n) is 8.54. The molecule has 0 unspecified atom stereocenters. The highest BCUT2D eigenvalue weighted by atomic mass is 16.5. The van der Waals surface area contributed by atoms with Gasteiger partial charge in [0.15, 0.2) is 0 Å². The molecule has 0 bridgehead atoms. The minimum atomic E-state index is -0.594. The molecule has 5 nitrogen and oxygen atoms in total. The van der Waals surface area contributed by atoms with Gasteiger partial charge in [-0.05, 0) is 38.2 Å². The van der Waals surface area contributed by atoms with E-state index < -0.39 is 12.2 Å². The molecule has 2 N–H and O–H groups in total. The van der Waals surface area contributed by atoms with E-state index in [0.29, 0.717) is 32.3 Å². The van der Waals surface area contributed by atoms with Gasteiger partial charge in [-0.25, -0.2) is 0 Å². The van der Waals surface area contributed by atoms with Crippen molar-refractivity contribution in [2.75, 3.05) is 6.61 Å². The average Bonchev–Trinajstić information content (AvgIpc) is 3.25. The monoisotopic (exact) mass is 426 g/mol. The molecule has 1 saturated carbocycles. The molecule has 6 atom stereocenters. The van der Waals surface area contributed by atoms with Gasteiger partial charge in [-0.3, -0.25) is 4.79 Å². The molecule has 0 radical (unpaired) electrons. The van der Waals surface area contributed by atoms with Crippen LogP contribution in [-0.4, -0.2) is 41.1 Å². The molecular formula is C26H34O5. The molecule has 1 aromatic carbocycles. The maximum absolute atomic E-state index is 11.6. The predicted molar refractivity (Wildman–Crippen MR) is 120 cm³/mol. The largest absolute Gasteiger partial charge is 0.489 e. The number of esters is 1. The summed E-state index contributed by atoms with van der Waals surface area (Å²) in [6, 6.07) is 6.15. The first-order chi connectivity index (χ1) is 15.0. The molecule has 0 amide bonds. The number of rotatable bonds is 9. The van der Waals surface area contributed by atoms with E-state index in [1.54, 1.807) is 13.0 Å². The summed E-state index contributed by atoms with van der Waals surface area (Å²) in [7, 11) is 0. The smallest absolute Gasteiger partial charge is 0.305 e. The fraction of sp³-hybridized carbons (Fsp3) is 0.577. The lowest BCUT2D eigenvalue weighted by Gasteiger charge is -2.19. The molecular weight excluding hydrogens is 392 g/mol. The van der Waals surface area contributed by atoms with E-state index in [2.05, 4.69) is 17.9 Å². The molecule has 0 saturated heterocycles. The second kappa shape index (κ2) is 10.8. The number of hydrogen-bond donors (Lipinski definition) is 2. The van der Waals surface area contributed by atoms with E-state index in [1.807, 2.05) is 32.1 Å². The number of carbonyl (C=O) groups is 1. The van der Waals surface area contributed by atoms with Crippen molar-refractivity contribution in [1.29, 1.82) is 0 Å². The molecule has 2 aliphatic rings. The van der Waals surface area contributed by atoms with Crippen LogP contribution >= 0.6 is 0 Å². The van der Waals surface area contributed by atoms with Crippen molar-refractivity contribution < 1.29 is 24.5 Å². The van der Waals surface area contributed by atoms with Gasteiger partial charge in [-0.1, -0.05) is 37.3 Å². The highest BCUT2D eigenvalue weighted by molar-refractivity contribution is 5.69. The molecule has 1 aromatic rings. The van der Waals surface area contributed by atoms with Crippen molar-refractivity contribution in [2.24, 2.45) is 11.8 Å². The fourth-order valence-corrected chi connectivity index (χ4v) is 4.64. The van der Waals surface area contributed by atoms with Crippen LogP contribution in [-0.2, 0) is 16.0 Å². The number of hydrogen-bond acceptors (Lipinski definition) is 5. The van der Waals surface area contributed by atoms with Crippen molar-refractivity contribution in [2.45, 2.75) is 77.1 Å². The van der Waals surface area contributed by atoms with Crippen molar-refractivity contribution in [3.05, 3.63) is 41.5 Å². The van der Waals surface area contributed by atoms with Gasteiger partial charge in [0, 0.05) is 36.7 Å². The maximum atomic E-state index is 11.6. The minimum absolute atomic E-state index is 0.0381. The van der Waals surface area contributed by atoms with Gasteiger partial charge >= 0.3 is 5.97 Å². The molecule has 1 aliphatic heterocycles.